The Bertz CT molecular complexity index is 703. The number of nitrogens with one attached hydrogen (secondary N) is 1. The first-order valence-corrected chi connectivity index (χ1v) is 7.64. The van der Waals surface area contributed by atoms with Gasteiger partial charge in [-0.25, -0.2) is 4.98 Å². The molecule has 0 bridgehead atoms. The summed E-state index contributed by atoms with van der Waals surface area (Å²) in [5.74, 6) is 0.805. The fourth-order valence-corrected chi connectivity index (χ4v) is 3.37. The third-order valence-electron chi connectivity index (χ3n) is 2.69. The van der Waals surface area contributed by atoms with Crippen LogP contribution in [0.1, 0.15) is 11.3 Å². The number of hydrogen-bond donors (Lipinski definition) is 1. The van der Waals surface area contributed by atoms with Crippen molar-refractivity contribution in [2.75, 3.05) is 12.4 Å². The SMILES string of the molecule is CNc1nnc(SCc2cn3cccc(C)c3n2)s1. The van der Waals surface area contributed by atoms with Crippen LogP contribution in [0.3, 0.4) is 0 Å². The Morgan fingerprint density at radius 1 is 1.42 bits per heavy atom. The van der Waals surface area contributed by atoms with Crippen molar-refractivity contribution in [3.63, 3.8) is 0 Å². The van der Waals surface area contributed by atoms with Gasteiger partial charge in [0.1, 0.15) is 5.65 Å². The molecule has 0 fully saturated rings. The number of hydrogen-bond acceptors (Lipinski definition) is 6. The van der Waals surface area contributed by atoms with Gasteiger partial charge in [-0.1, -0.05) is 29.2 Å². The molecule has 0 amide bonds. The zero-order chi connectivity index (χ0) is 13.2. The van der Waals surface area contributed by atoms with Gasteiger partial charge in [0, 0.05) is 25.2 Å². The molecule has 0 aliphatic heterocycles. The largest absolute Gasteiger partial charge is 0.363 e. The van der Waals surface area contributed by atoms with Gasteiger partial charge in [-0.15, -0.1) is 10.2 Å². The molecule has 0 spiro atoms. The Morgan fingerprint density at radius 3 is 3.05 bits per heavy atom. The number of anilines is 1. The van der Waals surface area contributed by atoms with Crippen molar-refractivity contribution in [2.45, 2.75) is 17.0 Å². The van der Waals surface area contributed by atoms with Crippen molar-refractivity contribution in [1.29, 1.82) is 0 Å². The summed E-state index contributed by atoms with van der Waals surface area (Å²) in [7, 11) is 1.85. The van der Waals surface area contributed by atoms with E-state index < -0.39 is 0 Å². The minimum Gasteiger partial charge on any atom is -0.363 e. The molecule has 3 heterocycles. The van der Waals surface area contributed by atoms with Crippen molar-refractivity contribution in [1.82, 2.24) is 19.6 Å². The maximum absolute atomic E-state index is 4.64. The molecule has 7 heteroatoms. The van der Waals surface area contributed by atoms with E-state index in [4.69, 9.17) is 0 Å². The molecule has 0 saturated carbocycles. The second-order valence-electron chi connectivity index (χ2n) is 4.07. The summed E-state index contributed by atoms with van der Waals surface area (Å²) < 4.78 is 3.02. The minimum atomic E-state index is 0.805. The molecule has 0 saturated heterocycles. The zero-order valence-electron chi connectivity index (χ0n) is 10.6. The number of fused-ring (bicyclic) bond motifs is 1. The van der Waals surface area contributed by atoms with Crippen LogP contribution >= 0.6 is 23.1 Å². The van der Waals surface area contributed by atoms with Crippen LogP contribution in [-0.2, 0) is 5.75 Å². The van der Waals surface area contributed by atoms with Gasteiger partial charge in [0.2, 0.25) is 5.13 Å². The van der Waals surface area contributed by atoms with E-state index in [2.05, 4.69) is 44.1 Å². The second kappa shape index (κ2) is 5.18. The third-order valence-corrected chi connectivity index (χ3v) is 4.80. The maximum Gasteiger partial charge on any atom is 0.206 e. The molecule has 0 unspecified atom stereocenters. The summed E-state index contributed by atoms with van der Waals surface area (Å²) in [6.45, 7) is 2.07. The van der Waals surface area contributed by atoms with Gasteiger partial charge in [0.25, 0.3) is 0 Å². The molecular weight excluding hydrogens is 278 g/mol. The minimum absolute atomic E-state index is 0.805. The molecule has 0 aliphatic rings. The predicted molar refractivity (Wildman–Crippen MR) is 78.9 cm³/mol. The number of pyridine rings is 1. The molecule has 0 radical (unpaired) electrons. The molecule has 0 aromatic carbocycles. The van der Waals surface area contributed by atoms with Crippen LogP contribution in [0.2, 0.25) is 0 Å². The first-order valence-electron chi connectivity index (χ1n) is 5.83. The molecule has 98 valence electrons. The summed E-state index contributed by atoms with van der Waals surface area (Å²) in [4.78, 5) is 4.64. The Morgan fingerprint density at radius 2 is 2.32 bits per heavy atom. The summed E-state index contributed by atoms with van der Waals surface area (Å²) in [6.07, 6.45) is 4.09. The highest BCUT2D eigenvalue weighted by Crippen LogP contribution is 2.27. The summed E-state index contributed by atoms with van der Waals surface area (Å²) >= 11 is 3.22. The van der Waals surface area contributed by atoms with Crippen LogP contribution in [0.5, 0.6) is 0 Å². The standard InChI is InChI=1S/C12H13N5S2/c1-8-4-3-5-17-6-9(14-10(8)17)7-18-12-16-15-11(13-2)19-12/h3-6H,7H2,1-2H3,(H,13,15). The van der Waals surface area contributed by atoms with Crippen molar-refractivity contribution in [3.8, 4) is 0 Å². The zero-order valence-corrected chi connectivity index (χ0v) is 12.3. The highest BCUT2D eigenvalue weighted by atomic mass is 32.2. The lowest BCUT2D eigenvalue weighted by atomic mass is 10.3. The Labute approximate surface area is 119 Å². The second-order valence-corrected chi connectivity index (χ2v) is 6.27. The molecule has 1 N–H and O–H groups in total. The maximum atomic E-state index is 4.64. The van der Waals surface area contributed by atoms with E-state index in [1.54, 1.807) is 23.1 Å². The number of aryl methyl sites for hydroxylation is 1. The third kappa shape index (κ3) is 2.57. The van der Waals surface area contributed by atoms with Crippen molar-refractivity contribution >= 4 is 33.9 Å². The fourth-order valence-electron chi connectivity index (χ4n) is 1.78. The predicted octanol–water partition coefficient (Wildman–Crippen LogP) is 2.83. The first-order chi connectivity index (χ1) is 9.26. The Balaban J connectivity index is 1.76. The highest BCUT2D eigenvalue weighted by Gasteiger charge is 2.07. The molecule has 0 atom stereocenters. The number of nitrogens with zero attached hydrogens (tertiary/aromatic N) is 4. The van der Waals surface area contributed by atoms with Crippen LogP contribution in [0.25, 0.3) is 5.65 Å². The average Bonchev–Trinajstić information content (AvgIpc) is 3.03. The van der Waals surface area contributed by atoms with E-state index in [1.807, 2.05) is 19.3 Å². The number of aromatic nitrogens is 4. The van der Waals surface area contributed by atoms with E-state index in [9.17, 15) is 0 Å². The Hall–Kier alpha value is -1.60. The van der Waals surface area contributed by atoms with E-state index in [-0.39, 0.29) is 0 Å². The highest BCUT2D eigenvalue weighted by molar-refractivity contribution is 8.00. The van der Waals surface area contributed by atoms with Gasteiger partial charge in [-0.05, 0) is 18.6 Å². The van der Waals surface area contributed by atoms with E-state index in [0.717, 1.165) is 26.6 Å². The average molecular weight is 291 g/mol. The lowest BCUT2D eigenvalue weighted by Crippen LogP contribution is -1.84. The molecule has 19 heavy (non-hydrogen) atoms. The van der Waals surface area contributed by atoms with Crippen molar-refractivity contribution < 1.29 is 0 Å². The van der Waals surface area contributed by atoms with Gasteiger partial charge in [-0.3, -0.25) is 0 Å². The monoisotopic (exact) mass is 291 g/mol. The van der Waals surface area contributed by atoms with E-state index >= 15 is 0 Å². The van der Waals surface area contributed by atoms with Gasteiger partial charge in [0.05, 0.1) is 5.69 Å². The molecule has 5 nitrogen and oxygen atoms in total. The van der Waals surface area contributed by atoms with Gasteiger partial charge in [-0.2, -0.15) is 0 Å². The van der Waals surface area contributed by atoms with Crippen LogP contribution in [0.4, 0.5) is 5.13 Å². The van der Waals surface area contributed by atoms with Crippen molar-refractivity contribution in [3.05, 3.63) is 35.8 Å². The summed E-state index contributed by atoms with van der Waals surface area (Å²) in [6, 6.07) is 4.11. The number of rotatable bonds is 4. The van der Waals surface area contributed by atoms with E-state index in [1.165, 1.54) is 5.56 Å². The molecule has 3 rings (SSSR count). The Kier molecular flexibility index (Phi) is 3.39. The van der Waals surface area contributed by atoms with Crippen LogP contribution < -0.4 is 5.32 Å². The molecular formula is C12H13N5S2. The topological polar surface area (TPSA) is 55.1 Å². The van der Waals surface area contributed by atoms with E-state index in [0.29, 0.717) is 0 Å². The fraction of sp³-hybridized carbons (Fsp3) is 0.250. The van der Waals surface area contributed by atoms with Gasteiger partial charge < -0.3 is 9.72 Å². The quantitative estimate of drug-likeness (QED) is 0.749. The van der Waals surface area contributed by atoms with Crippen LogP contribution in [0, 0.1) is 6.92 Å². The van der Waals surface area contributed by atoms with Gasteiger partial charge in [0.15, 0.2) is 4.34 Å². The van der Waals surface area contributed by atoms with Crippen molar-refractivity contribution in [2.24, 2.45) is 0 Å². The number of thioether (sulfide) groups is 1. The smallest absolute Gasteiger partial charge is 0.206 e. The first kappa shape index (κ1) is 12.4. The molecule has 3 aromatic heterocycles. The molecule has 0 aliphatic carbocycles. The summed E-state index contributed by atoms with van der Waals surface area (Å²) in [5.41, 5.74) is 3.26. The summed E-state index contributed by atoms with van der Waals surface area (Å²) in [5, 5.41) is 12.0. The molecule has 3 aromatic rings. The lowest BCUT2D eigenvalue weighted by molar-refractivity contribution is 1.01. The van der Waals surface area contributed by atoms with Gasteiger partial charge >= 0.3 is 0 Å². The van der Waals surface area contributed by atoms with Crippen LogP contribution in [0.15, 0.2) is 28.9 Å². The normalized spacial score (nSPS) is 11.1. The number of imidazole rings is 1. The van der Waals surface area contributed by atoms with Crippen LogP contribution in [-0.4, -0.2) is 26.6 Å². The lowest BCUT2D eigenvalue weighted by Gasteiger charge is -1.94.